The van der Waals surface area contributed by atoms with E-state index < -0.39 is 35.0 Å². The molecule has 0 bridgehead atoms. The first kappa shape index (κ1) is 24.7. The number of ketones is 2. The number of allylic oxidation sites excluding steroid dienone is 2. The van der Waals surface area contributed by atoms with Crippen LogP contribution in [-0.2, 0) is 17.8 Å². The Hall–Kier alpha value is -3.98. The Balaban J connectivity index is 1.66. The lowest BCUT2D eigenvalue weighted by molar-refractivity contribution is -0.688. The van der Waals surface area contributed by atoms with E-state index in [1.807, 2.05) is 18.2 Å². The second-order valence-electron chi connectivity index (χ2n) is 10.4. The summed E-state index contributed by atoms with van der Waals surface area (Å²) in [5, 5.41) is 44.4. The van der Waals surface area contributed by atoms with Crippen LogP contribution in [0, 0.1) is 17.8 Å². The highest BCUT2D eigenvalue weighted by molar-refractivity contribution is 6.15. The van der Waals surface area contributed by atoms with Crippen LogP contribution in [0.4, 0.5) is 0 Å². The molecule has 37 heavy (non-hydrogen) atoms. The van der Waals surface area contributed by atoms with Gasteiger partial charge in [0.15, 0.2) is 30.5 Å². The second-order valence-corrected chi connectivity index (χ2v) is 10.4. The van der Waals surface area contributed by atoms with Gasteiger partial charge < -0.3 is 26.2 Å². The van der Waals surface area contributed by atoms with Crippen LogP contribution in [0.2, 0.25) is 0 Å². The summed E-state index contributed by atoms with van der Waals surface area (Å²) in [7, 11) is 0. The molecule has 192 valence electrons. The maximum absolute atomic E-state index is 13.9. The third kappa shape index (κ3) is 3.72. The number of carbonyl (C=O) groups excluding carboxylic acids is 3. The summed E-state index contributed by atoms with van der Waals surface area (Å²) < 4.78 is 1.80. The molecule has 3 aliphatic carbocycles. The van der Waals surface area contributed by atoms with E-state index in [2.05, 4.69) is 0 Å². The molecule has 9 heteroatoms. The highest BCUT2D eigenvalue weighted by atomic mass is 16.3. The average molecular weight is 506 g/mol. The van der Waals surface area contributed by atoms with Gasteiger partial charge in [-0.3, -0.25) is 14.4 Å². The summed E-state index contributed by atoms with van der Waals surface area (Å²) in [6, 6.07) is 7.10. The minimum atomic E-state index is -2.00. The number of phenols is 1. The Kier molecular flexibility index (Phi) is 5.71. The fourth-order valence-corrected chi connectivity index (χ4v) is 6.60. The molecule has 0 spiro atoms. The van der Waals surface area contributed by atoms with E-state index in [9.17, 15) is 34.8 Å². The normalized spacial score (nSPS) is 26.9. The maximum Gasteiger partial charge on any atom is 0.250 e. The molecule has 1 aromatic heterocycles. The van der Waals surface area contributed by atoms with Crippen molar-refractivity contribution in [1.29, 1.82) is 0 Å². The molecule has 0 aliphatic heterocycles. The van der Waals surface area contributed by atoms with Crippen LogP contribution < -0.4 is 10.3 Å². The van der Waals surface area contributed by atoms with E-state index in [0.29, 0.717) is 23.1 Å². The molecule has 2 aromatic rings. The number of benzene rings is 1. The lowest BCUT2D eigenvalue weighted by Gasteiger charge is -2.48. The first-order chi connectivity index (χ1) is 17.4. The molecule has 1 aromatic carbocycles. The lowest BCUT2D eigenvalue weighted by atomic mass is 9.58. The SMILES string of the molecule is CC(=O)c1cc(C[n+]2ccccc2)c(O)c2c1CC1CC3CC(O)=C(C(N)=O)C(C)(O)C3C(O)=C1C2=O. The molecule has 3 aliphatic rings. The van der Waals surface area contributed by atoms with Gasteiger partial charge in [0, 0.05) is 29.7 Å². The number of aliphatic hydroxyl groups excluding tert-OH is 2. The van der Waals surface area contributed by atoms with Crippen molar-refractivity contribution in [2.75, 3.05) is 0 Å². The minimum absolute atomic E-state index is 0.00598. The van der Waals surface area contributed by atoms with Crippen LogP contribution in [0.15, 0.2) is 59.3 Å². The predicted octanol–water partition coefficient (Wildman–Crippen LogP) is 2.19. The number of phenolic OH excluding ortho intramolecular Hbond substituents is 1. The number of carbonyl (C=O) groups is 3. The number of nitrogens with zero attached hydrogens (tertiary/aromatic N) is 1. The maximum atomic E-state index is 13.9. The van der Waals surface area contributed by atoms with Gasteiger partial charge in [-0.15, -0.1) is 0 Å². The summed E-state index contributed by atoms with van der Waals surface area (Å²) in [6.45, 7) is 2.91. The molecule has 5 rings (SSSR count). The first-order valence-corrected chi connectivity index (χ1v) is 12.2. The number of amides is 1. The van der Waals surface area contributed by atoms with Gasteiger partial charge in [0.2, 0.25) is 0 Å². The van der Waals surface area contributed by atoms with Crippen molar-refractivity contribution < 1.29 is 39.4 Å². The highest BCUT2D eigenvalue weighted by Crippen LogP contribution is 2.54. The fourth-order valence-electron chi connectivity index (χ4n) is 6.60. The Morgan fingerprint density at radius 2 is 1.81 bits per heavy atom. The van der Waals surface area contributed by atoms with E-state index in [4.69, 9.17) is 5.73 Å². The van der Waals surface area contributed by atoms with E-state index >= 15 is 0 Å². The van der Waals surface area contributed by atoms with Crippen molar-refractivity contribution in [2.24, 2.45) is 23.5 Å². The van der Waals surface area contributed by atoms with Gasteiger partial charge in [-0.05, 0) is 50.2 Å². The second kappa shape index (κ2) is 8.55. The van der Waals surface area contributed by atoms with Crippen LogP contribution in [0.1, 0.15) is 58.5 Å². The van der Waals surface area contributed by atoms with Crippen molar-refractivity contribution in [3.05, 3.63) is 81.6 Å². The van der Waals surface area contributed by atoms with Crippen LogP contribution in [0.5, 0.6) is 5.75 Å². The average Bonchev–Trinajstić information content (AvgIpc) is 2.79. The zero-order chi connectivity index (χ0) is 26.8. The van der Waals surface area contributed by atoms with Gasteiger partial charge >= 0.3 is 0 Å². The van der Waals surface area contributed by atoms with E-state index in [-0.39, 0.29) is 59.1 Å². The zero-order valence-corrected chi connectivity index (χ0v) is 20.6. The number of nitrogens with two attached hydrogens (primary N) is 1. The molecule has 1 amide bonds. The quantitative estimate of drug-likeness (QED) is 0.314. The van der Waals surface area contributed by atoms with Crippen molar-refractivity contribution in [1.82, 2.24) is 0 Å². The van der Waals surface area contributed by atoms with Gasteiger partial charge in [0.1, 0.15) is 22.9 Å². The molecule has 0 saturated heterocycles. The zero-order valence-electron chi connectivity index (χ0n) is 20.6. The number of aromatic hydroxyl groups is 1. The summed E-state index contributed by atoms with van der Waals surface area (Å²) in [5.41, 5.74) is 4.20. The van der Waals surface area contributed by atoms with E-state index in [1.54, 1.807) is 23.0 Å². The Labute approximate surface area is 213 Å². The van der Waals surface area contributed by atoms with Gasteiger partial charge in [-0.25, -0.2) is 4.57 Å². The minimum Gasteiger partial charge on any atom is -0.512 e. The van der Waals surface area contributed by atoms with Crippen LogP contribution in [0.25, 0.3) is 0 Å². The van der Waals surface area contributed by atoms with Gasteiger partial charge in [0.25, 0.3) is 5.91 Å². The van der Waals surface area contributed by atoms with Crippen molar-refractivity contribution in [3.8, 4) is 5.75 Å². The molecule has 0 saturated carbocycles. The van der Waals surface area contributed by atoms with Crippen LogP contribution >= 0.6 is 0 Å². The molecule has 0 fully saturated rings. The molecule has 0 radical (unpaired) electrons. The predicted molar refractivity (Wildman–Crippen MR) is 131 cm³/mol. The third-order valence-corrected chi connectivity index (χ3v) is 8.06. The summed E-state index contributed by atoms with van der Waals surface area (Å²) in [4.78, 5) is 38.6. The standard InChI is InChI=1S/C28H28N2O7/c1-13(31)17-10-16(12-30-6-4-3-5-7-30)24(33)21-18(17)9-14-8-15-11-19(32)23(27(29)36)28(2,37)22(15)26(35)20(14)25(21)34/h3-7,10,14-15,22,37H,8-9,11-12H2,1-2H3,(H4-,29,31,32,33,34,35,36)/p+1. The Morgan fingerprint density at radius 1 is 1.14 bits per heavy atom. The number of hydrogen-bond acceptors (Lipinski definition) is 7. The molecule has 4 atom stereocenters. The van der Waals surface area contributed by atoms with Gasteiger partial charge in [-0.1, -0.05) is 6.07 Å². The first-order valence-electron chi connectivity index (χ1n) is 12.2. The van der Waals surface area contributed by atoms with Gasteiger partial charge in [-0.2, -0.15) is 0 Å². The van der Waals surface area contributed by atoms with Gasteiger partial charge in [0.05, 0.1) is 22.6 Å². The summed E-state index contributed by atoms with van der Waals surface area (Å²) in [5.74, 6) is -4.84. The van der Waals surface area contributed by atoms with Crippen molar-refractivity contribution >= 4 is 17.5 Å². The largest absolute Gasteiger partial charge is 0.512 e. The topological polar surface area (TPSA) is 162 Å². The lowest BCUT2D eigenvalue weighted by Crippen LogP contribution is -2.52. The number of pyridine rings is 1. The Morgan fingerprint density at radius 3 is 2.43 bits per heavy atom. The number of aromatic nitrogens is 1. The number of rotatable bonds is 4. The summed E-state index contributed by atoms with van der Waals surface area (Å²) >= 11 is 0. The van der Waals surface area contributed by atoms with Crippen molar-refractivity contribution in [2.45, 2.75) is 45.3 Å². The highest BCUT2D eigenvalue weighted by Gasteiger charge is 2.55. The number of primary amides is 1. The number of hydrogen-bond donors (Lipinski definition) is 5. The molecule has 4 unspecified atom stereocenters. The van der Waals surface area contributed by atoms with E-state index in [1.165, 1.54) is 13.8 Å². The number of fused-ring (bicyclic) bond motifs is 3. The summed E-state index contributed by atoms with van der Waals surface area (Å²) in [6.07, 6.45) is 4.14. The third-order valence-electron chi connectivity index (χ3n) is 8.06. The fraction of sp³-hybridized carbons (Fsp3) is 0.357. The Bertz CT molecular complexity index is 1420. The monoisotopic (exact) mass is 505 g/mol. The molecule has 6 N–H and O–H groups in total. The molecule has 1 heterocycles. The van der Waals surface area contributed by atoms with Crippen molar-refractivity contribution in [3.63, 3.8) is 0 Å². The molecular weight excluding hydrogens is 476 g/mol. The number of Topliss-reactive ketones (excluding diaryl/α,β-unsaturated/α-hetero) is 2. The smallest absolute Gasteiger partial charge is 0.250 e. The molecule has 9 nitrogen and oxygen atoms in total. The molecular formula is C28H29N2O7+. The van der Waals surface area contributed by atoms with Crippen LogP contribution in [-0.4, -0.2) is 43.5 Å². The van der Waals surface area contributed by atoms with Crippen LogP contribution in [0.3, 0.4) is 0 Å². The number of aliphatic hydroxyl groups is 3. The van der Waals surface area contributed by atoms with E-state index in [0.717, 1.165) is 0 Å².